The van der Waals surface area contributed by atoms with Gasteiger partial charge in [0.05, 0.1) is 12.6 Å². The number of anilines is 1. The van der Waals surface area contributed by atoms with Crippen LogP contribution in [0.15, 0.2) is 30.3 Å². The molecule has 2 aromatic heterocycles. The topological polar surface area (TPSA) is 85.3 Å². The van der Waals surface area contributed by atoms with Crippen molar-refractivity contribution in [1.82, 2.24) is 24.8 Å². The molecule has 0 N–H and O–H groups in total. The maximum absolute atomic E-state index is 17.1. The first-order valence-electron chi connectivity index (χ1n) is 17.5. The van der Waals surface area contributed by atoms with Gasteiger partial charge in [-0.3, -0.25) is 4.90 Å². The summed E-state index contributed by atoms with van der Waals surface area (Å²) in [7, 11) is 5.16. The van der Waals surface area contributed by atoms with Gasteiger partial charge in [0.25, 0.3) is 0 Å². The molecule has 10 nitrogen and oxygen atoms in total. The van der Waals surface area contributed by atoms with Crippen molar-refractivity contribution in [1.29, 1.82) is 0 Å². The summed E-state index contributed by atoms with van der Waals surface area (Å²) in [4.78, 5) is 21.3. The van der Waals surface area contributed by atoms with E-state index in [4.69, 9.17) is 45.5 Å². The van der Waals surface area contributed by atoms with Crippen LogP contribution in [-0.4, -0.2) is 104 Å². The normalized spacial score (nSPS) is 17.3. The molecule has 3 fully saturated rings. The number of ether oxygens (including phenoxy) is 4. The second-order valence-corrected chi connectivity index (χ2v) is 12.6. The zero-order chi connectivity index (χ0) is 35.1. The zero-order valence-electron chi connectivity index (χ0n) is 29.9. The third kappa shape index (κ3) is 7.36. The van der Waals surface area contributed by atoms with Gasteiger partial charge in [-0.2, -0.15) is 9.97 Å². The second kappa shape index (κ2) is 16.5. The van der Waals surface area contributed by atoms with Crippen molar-refractivity contribution in [2.45, 2.75) is 58.9 Å². The van der Waals surface area contributed by atoms with E-state index in [9.17, 15) is 0 Å². The van der Waals surface area contributed by atoms with Crippen LogP contribution < -0.4 is 19.1 Å². The first-order chi connectivity index (χ1) is 23.9. The van der Waals surface area contributed by atoms with E-state index in [2.05, 4.69) is 21.7 Å². The highest BCUT2D eigenvalue weighted by Crippen LogP contribution is 2.43. The fraction of sp³-hybridized carbons (Fsp3) is 0.541. The zero-order valence-corrected chi connectivity index (χ0v) is 30.7. The Kier molecular flexibility index (Phi) is 12.4. The fourth-order valence-corrected chi connectivity index (χ4v) is 7.44. The van der Waals surface area contributed by atoms with Crippen LogP contribution in [0, 0.1) is 5.82 Å². The van der Waals surface area contributed by atoms with Gasteiger partial charge in [0.15, 0.2) is 12.6 Å². The minimum Gasteiger partial charge on any atom is -0.480 e. The molecule has 0 bridgehead atoms. The summed E-state index contributed by atoms with van der Waals surface area (Å²) in [5, 5.41) is 2.29. The maximum Gasteiger partial charge on any atom is 0.319 e. The van der Waals surface area contributed by atoms with Crippen LogP contribution >= 0.6 is 11.6 Å². The van der Waals surface area contributed by atoms with Gasteiger partial charge in [0.2, 0.25) is 5.88 Å². The van der Waals surface area contributed by atoms with Crippen LogP contribution in [0.25, 0.3) is 32.9 Å². The molecule has 0 saturated carbocycles. The number of benzene rings is 2. The summed E-state index contributed by atoms with van der Waals surface area (Å²) < 4.78 is 40.2. The van der Waals surface area contributed by atoms with Crippen LogP contribution in [0.4, 0.5) is 10.2 Å². The molecule has 7 rings (SSSR count). The number of piperazine rings is 1. The molecular formula is C37H50ClFN6O4. The van der Waals surface area contributed by atoms with E-state index in [1.54, 1.807) is 19.2 Å². The van der Waals surface area contributed by atoms with E-state index in [0.717, 1.165) is 57.2 Å². The lowest BCUT2D eigenvalue weighted by molar-refractivity contribution is 0.0512. The van der Waals surface area contributed by atoms with E-state index in [1.807, 2.05) is 45.9 Å². The van der Waals surface area contributed by atoms with Crippen LogP contribution in [0.2, 0.25) is 5.02 Å². The van der Waals surface area contributed by atoms with Crippen LogP contribution in [0.3, 0.4) is 0 Å². The van der Waals surface area contributed by atoms with E-state index in [1.165, 1.54) is 7.11 Å². The number of fused-ring (bicyclic) bond motifs is 3. The van der Waals surface area contributed by atoms with Gasteiger partial charge in [0.1, 0.15) is 34.8 Å². The average Bonchev–Trinajstić information content (AvgIpc) is 3.73. The maximum atomic E-state index is 17.1. The Labute approximate surface area is 294 Å². The molecule has 5 heterocycles. The van der Waals surface area contributed by atoms with Crippen molar-refractivity contribution in [2.75, 3.05) is 78.8 Å². The summed E-state index contributed by atoms with van der Waals surface area (Å²) in [5.41, 5.74) is 0.581. The Bertz CT molecular complexity index is 1730. The molecule has 49 heavy (non-hydrogen) atoms. The molecule has 3 aliphatic rings. The van der Waals surface area contributed by atoms with Crippen LogP contribution in [0.5, 0.6) is 17.6 Å². The third-order valence-electron chi connectivity index (χ3n) is 9.49. The van der Waals surface area contributed by atoms with Gasteiger partial charge in [-0.25, -0.2) is 9.37 Å². The molecular weight excluding hydrogens is 647 g/mol. The molecule has 0 atom stereocenters. The van der Waals surface area contributed by atoms with E-state index >= 15 is 4.39 Å². The van der Waals surface area contributed by atoms with Gasteiger partial charge in [-0.1, -0.05) is 51.4 Å². The van der Waals surface area contributed by atoms with Crippen LogP contribution in [0.1, 0.15) is 53.4 Å². The summed E-state index contributed by atoms with van der Waals surface area (Å²) in [6, 6.07) is 9.23. The van der Waals surface area contributed by atoms with Gasteiger partial charge in [-0.05, 0) is 69.4 Å². The molecule has 4 aromatic rings. The van der Waals surface area contributed by atoms with E-state index in [0.29, 0.717) is 52.6 Å². The molecule has 0 unspecified atom stereocenters. The molecule has 0 radical (unpaired) electrons. The Morgan fingerprint density at radius 2 is 1.59 bits per heavy atom. The number of aromatic nitrogens is 3. The predicted molar refractivity (Wildman–Crippen MR) is 195 cm³/mol. The summed E-state index contributed by atoms with van der Waals surface area (Å²) in [5.74, 6) is 0.663. The molecule has 3 aliphatic heterocycles. The smallest absolute Gasteiger partial charge is 0.319 e. The average molecular weight is 697 g/mol. The van der Waals surface area contributed by atoms with Crippen molar-refractivity contribution in [2.24, 2.45) is 0 Å². The van der Waals surface area contributed by atoms with Crippen molar-refractivity contribution in [3.63, 3.8) is 0 Å². The summed E-state index contributed by atoms with van der Waals surface area (Å²) in [6.07, 6.45) is 4.47. The third-order valence-corrected chi connectivity index (χ3v) is 9.80. The number of likely N-dealkylation sites (N-methyl/N-ethyl adjacent to an activating group) is 1. The van der Waals surface area contributed by atoms with E-state index in [-0.39, 0.29) is 35.4 Å². The molecule has 266 valence electrons. The number of pyridine rings is 1. The monoisotopic (exact) mass is 696 g/mol. The van der Waals surface area contributed by atoms with Crippen molar-refractivity contribution in [3.05, 3.63) is 41.2 Å². The second-order valence-electron chi connectivity index (χ2n) is 12.2. The number of methoxy groups -OCH3 is 2. The van der Waals surface area contributed by atoms with Crippen molar-refractivity contribution >= 4 is 39.1 Å². The lowest BCUT2D eigenvalue weighted by Crippen LogP contribution is -2.45. The quantitative estimate of drug-likeness (QED) is 0.165. The largest absolute Gasteiger partial charge is 0.480 e. The first-order valence-corrected chi connectivity index (χ1v) is 17.9. The number of rotatable bonds is 9. The Morgan fingerprint density at radius 1 is 0.878 bits per heavy atom. The number of hydrogen-bond donors (Lipinski definition) is 0. The lowest BCUT2D eigenvalue weighted by Gasteiger charge is -2.34. The van der Waals surface area contributed by atoms with E-state index < -0.39 is 5.82 Å². The van der Waals surface area contributed by atoms with Gasteiger partial charge < -0.3 is 28.7 Å². The van der Waals surface area contributed by atoms with Crippen LogP contribution in [-0.2, 0) is 4.74 Å². The Balaban J connectivity index is 0.00000113. The number of nitrogens with zero attached hydrogens (tertiary/aromatic N) is 6. The molecule has 0 aliphatic carbocycles. The summed E-state index contributed by atoms with van der Waals surface area (Å²) >= 11 is 6.72. The highest BCUT2D eigenvalue weighted by atomic mass is 35.5. The van der Waals surface area contributed by atoms with Gasteiger partial charge in [-0.15, -0.1) is 0 Å². The molecule has 0 amide bonds. The van der Waals surface area contributed by atoms with Crippen molar-refractivity contribution in [3.8, 4) is 28.9 Å². The fourth-order valence-electron chi connectivity index (χ4n) is 7.15. The highest BCUT2D eigenvalue weighted by molar-refractivity contribution is 6.36. The summed E-state index contributed by atoms with van der Waals surface area (Å²) in [6.45, 7) is 13.8. The Morgan fingerprint density at radius 3 is 2.27 bits per heavy atom. The molecule has 3 saturated heterocycles. The molecule has 12 heteroatoms. The minimum atomic E-state index is -0.611. The Hall–Kier alpha value is -3.51. The predicted octanol–water partition coefficient (Wildman–Crippen LogP) is 7.44. The number of hydrogen-bond acceptors (Lipinski definition) is 10. The standard InChI is InChI=1S/C33H38ClFN6O4.2C2H6/c1-39-13-15-40(16-14-39)30-26-29(37-32(38-30)44-19-33-9-5-11-41(33)12-6-10-33)27(35)28(36-31(26)43-3)23-18-22(45-20-42-2)17-21-7-4-8-24(34)25(21)23;2*1-2/h4,7-8,17-18H,5-6,9-16,19-20H2,1-3H3;2*1-2H3. The lowest BCUT2D eigenvalue weighted by atomic mass is 9.95. The van der Waals surface area contributed by atoms with Gasteiger partial charge in [0, 0.05) is 49.3 Å². The molecule has 2 aromatic carbocycles. The SMILES string of the molecule is CC.CC.COCOc1cc(-c2nc(OC)c3c(N4CCN(C)CC4)nc(OCC45CCCN4CCC5)nc3c2F)c2c(Cl)cccc2c1. The van der Waals surface area contributed by atoms with Crippen molar-refractivity contribution < 1.29 is 23.3 Å². The first kappa shape index (κ1) is 36.8. The minimum absolute atomic E-state index is 0.00966. The van der Waals surface area contributed by atoms with Gasteiger partial charge >= 0.3 is 6.01 Å². The highest BCUT2D eigenvalue weighted by Gasteiger charge is 2.45. The molecule has 0 spiro atoms. The number of halogens is 2.